The molecule has 0 aromatic heterocycles. The van der Waals surface area contributed by atoms with Crippen molar-refractivity contribution >= 4 is 17.6 Å². The Morgan fingerprint density at radius 1 is 1.15 bits per heavy atom. The van der Waals surface area contributed by atoms with Crippen LogP contribution in [0.15, 0.2) is 53.5 Å². The Labute approximate surface area is 165 Å². The molecule has 1 saturated heterocycles. The van der Waals surface area contributed by atoms with Crippen molar-refractivity contribution in [2.24, 2.45) is 4.99 Å². The quantitative estimate of drug-likeness (QED) is 0.604. The van der Waals surface area contributed by atoms with E-state index in [4.69, 9.17) is 11.6 Å². The normalized spacial score (nSPS) is 16.3. The Morgan fingerprint density at radius 3 is 2.56 bits per heavy atom. The first-order chi connectivity index (χ1) is 13.1. The molecule has 2 N–H and O–H groups in total. The minimum Gasteiger partial charge on any atom is -0.354 e. The maximum absolute atomic E-state index is 13.2. The molecule has 1 aliphatic rings. The highest BCUT2D eigenvalue weighted by atomic mass is 35.5. The third-order valence-electron chi connectivity index (χ3n) is 4.85. The maximum atomic E-state index is 13.2. The van der Waals surface area contributed by atoms with Gasteiger partial charge in [0.1, 0.15) is 5.82 Å². The molecule has 2 aromatic carbocycles. The number of guanidine groups is 1. The van der Waals surface area contributed by atoms with Crippen molar-refractivity contribution in [2.75, 3.05) is 20.1 Å². The Balaban J connectivity index is 1.43. The van der Waals surface area contributed by atoms with E-state index < -0.39 is 5.82 Å². The van der Waals surface area contributed by atoms with Gasteiger partial charge in [0.05, 0.1) is 5.02 Å². The first-order valence-corrected chi connectivity index (χ1v) is 9.69. The van der Waals surface area contributed by atoms with Crippen molar-refractivity contribution in [1.82, 2.24) is 15.5 Å². The molecule has 2 aromatic rings. The molecule has 1 fully saturated rings. The van der Waals surface area contributed by atoms with Gasteiger partial charge in [0.15, 0.2) is 5.96 Å². The zero-order valence-electron chi connectivity index (χ0n) is 15.6. The van der Waals surface area contributed by atoms with Crippen LogP contribution < -0.4 is 10.6 Å². The lowest BCUT2D eigenvalue weighted by Crippen LogP contribution is -2.48. The van der Waals surface area contributed by atoms with Crippen LogP contribution in [0.5, 0.6) is 0 Å². The molecule has 0 amide bonds. The molecule has 0 radical (unpaired) electrons. The first kappa shape index (κ1) is 19.6. The van der Waals surface area contributed by atoms with Gasteiger partial charge in [-0.15, -0.1) is 0 Å². The number of nitrogens with one attached hydrogen (secondary N) is 2. The van der Waals surface area contributed by atoms with Crippen LogP contribution in [-0.4, -0.2) is 37.0 Å². The van der Waals surface area contributed by atoms with E-state index in [1.807, 2.05) is 0 Å². The summed E-state index contributed by atoms with van der Waals surface area (Å²) in [6.45, 7) is 3.69. The number of piperidine rings is 1. The predicted molar refractivity (Wildman–Crippen MR) is 109 cm³/mol. The molecule has 1 heterocycles. The van der Waals surface area contributed by atoms with E-state index in [-0.39, 0.29) is 5.02 Å². The smallest absolute Gasteiger partial charge is 0.191 e. The molecule has 0 atom stereocenters. The number of likely N-dealkylation sites (tertiary alicyclic amines) is 1. The SMILES string of the molecule is CN=C(NCc1ccc(F)c(Cl)c1)NC1CCN(Cc2ccccc2)CC1. The standard InChI is InChI=1S/C21H26ClFN4/c1-24-21(25-14-17-7-8-20(23)19(22)13-17)26-18-9-11-27(12-10-18)15-16-5-3-2-4-6-16/h2-8,13,18H,9-12,14-15H2,1H3,(H2,24,25,26). The highest BCUT2D eigenvalue weighted by Crippen LogP contribution is 2.16. The fourth-order valence-corrected chi connectivity index (χ4v) is 3.50. The molecule has 6 heteroatoms. The summed E-state index contributed by atoms with van der Waals surface area (Å²) in [4.78, 5) is 6.79. The van der Waals surface area contributed by atoms with Gasteiger partial charge in [-0.05, 0) is 36.1 Å². The summed E-state index contributed by atoms with van der Waals surface area (Å²) in [6, 6.07) is 15.7. The minimum atomic E-state index is -0.398. The predicted octanol–water partition coefficient (Wildman–Crippen LogP) is 3.81. The van der Waals surface area contributed by atoms with Gasteiger partial charge in [-0.25, -0.2) is 4.39 Å². The summed E-state index contributed by atoms with van der Waals surface area (Å²) in [5, 5.41) is 6.91. The molecular formula is C21H26ClFN4. The Bertz CT molecular complexity index is 758. The van der Waals surface area contributed by atoms with Crippen molar-refractivity contribution in [3.05, 3.63) is 70.5 Å². The van der Waals surface area contributed by atoms with Crippen LogP contribution in [0.3, 0.4) is 0 Å². The van der Waals surface area contributed by atoms with Gasteiger partial charge in [0.2, 0.25) is 0 Å². The van der Waals surface area contributed by atoms with Crippen LogP contribution in [0.4, 0.5) is 4.39 Å². The highest BCUT2D eigenvalue weighted by Gasteiger charge is 2.20. The van der Waals surface area contributed by atoms with Gasteiger partial charge < -0.3 is 10.6 Å². The van der Waals surface area contributed by atoms with Crippen LogP contribution >= 0.6 is 11.6 Å². The molecule has 27 heavy (non-hydrogen) atoms. The molecule has 0 saturated carbocycles. The summed E-state index contributed by atoms with van der Waals surface area (Å²) in [5.74, 6) is 0.363. The number of aliphatic imine (C=N–C) groups is 1. The van der Waals surface area contributed by atoms with E-state index >= 15 is 0 Å². The molecule has 0 unspecified atom stereocenters. The van der Waals surface area contributed by atoms with E-state index in [1.54, 1.807) is 19.2 Å². The average molecular weight is 389 g/mol. The van der Waals surface area contributed by atoms with Crippen LogP contribution in [0.1, 0.15) is 24.0 Å². The lowest BCUT2D eigenvalue weighted by atomic mass is 10.0. The zero-order valence-corrected chi connectivity index (χ0v) is 16.3. The van der Waals surface area contributed by atoms with Gasteiger partial charge >= 0.3 is 0 Å². The fraction of sp³-hybridized carbons (Fsp3) is 0.381. The third-order valence-corrected chi connectivity index (χ3v) is 5.13. The number of benzene rings is 2. The van der Waals surface area contributed by atoms with Gasteiger partial charge in [-0.3, -0.25) is 9.89 Å². The largest absolute Gasteiger partial charge is 0.354 e. The second-order valence-electron chi connectivity index (χ2n) is 6.85. The number of hydrogen-bond donors (Lipinski definition) is 2. The van der Waals surface area contributed by atoms with Crippen LogP contribution in [0.2, 0.25) is 5.02 Å². The summed E-state index contributed by atoms with van der Waals surface area (Å²) in [5.41, 5.74) is 2.28. The van der Waals surface area contributed by atoms with Crippen LogP contribution in [-0.2, 0) is 13.1 Å². The Kier molecular flexibility index (Phi) is 7.07. The van der Waals surface area contributed by atoms with Crippen molar-refractivity contribution in [1.29, 1.82) is 0 Å². The monoisotopic (exact) mass is 388 g/mol. The van der Waals surface area contributed by atoms with Crippen molar-refractivity contribution < 1.29 is 4.39 Å². The molecule has 1 aliphatic heterocycles. The molecule has 144 valence electrons. The summed E-state index contributed by atoms with van der Waals surface area (Å²) in [7, 11) is 1.76. The first-order valence-electron chi connectivity index (χ1n) is 9.31. The minimum absolute atomic E-state index is 0.142. The number of halogens is 2. The molecular weight excluding hydrogens is 363 g/mol. The van der Waals surface area contributed by atoms with E-state index in [1.165, 1.54) is 11.6 Å². The van der Waals surface area contributed by atoms with Gasteiger partial charge in [0.25, 0.3) is 0 Å². The summed E-state index contributed by atoms with van der Waals surface area (Å²) >= 11 is 5.84. The number of hydrogen-bond acceptors (Lipinski definition) is 2. The number of nitrogens with zero attached hydrogens (tertiary/aromatic N) is 2. The van der Waals surface area contributed by atoms with E-state index in [0.29, 0.717) is 12.6 Å². The van der Waals surface area contributed by atoms with Gasteiger partial charge in [0, 0.05) is 39.3 Å². The Morgan fingerprint density at radius 2 is 1.89 bits per heavy atom. The Hall–Kier alpha value is -2.11. The summed E-state index contributed by atoms with van der Waals surface area (Å²) in [6.07, 6.45) is 2.16. The lowest BCUT2D eigenvalue weighted by Gasteiger charge is -2.33. The van der Waals surface area contributed by atoms with Crippen molar-refractivity contribution in [2.45, 2.75) is 32.0 Å². The molecule has 3 rings (SSSR count). The van der Waals surface area contributed by atoms with Crippen molar-refractivity contribution in [3.63, 3.8) is 0 Å². The molecule has 0 aliphatic carbocycles. The second kappa shape index (κ2) is 9.72. The average Bonchev–Trinajstić information content (AvgIpc) is 2.70. The molecule has 0 bridgehead atoms. The summed E-state index contributed by atoms with van der Waals surface area (Å²) < 4.78 is 13.2. The van der Waals surface area contributed by atoms with Crippen molar-refractivity contribution in [3.8, 4) is 0 Å². The van der Waals surface area contributed by atoms with E-state index in [0.717, 1.165) is 44.0 Å². The van der Waals surface area contributed by atoms with Gasteiger partial charge in [-0.1, -0.05) is 48.0 Å². The number of rotatable bonds is 5. The molecule has 0 spiro atoms. The lowest BCUT2D eigenvalue weighted by molar-refractivity contribution is 0.198. The topological polar surface area (TPSA) is 39.7 Å². The zero-order chi connectivity index (χ0) is 19.1. The van der Waals surface area contributed by atoms with Crippen LogP contribution in [0, 0.1) is 5.82 Å². The van der Waals surface area contributed by atoms with E-state index in [2.05, 4.69) is 50.9 Å². The third kappa shape index (κ3) is 5.94. The van der Waals surface area contributed by atoms with Gasteiger partial charge in [-0.2, -0.15) is 0 Å². The van der Waals surface area contributed by atoms with E-state index in [9.17, 15) is 4.39 Å². The van der Waals surface area contributed by atoms with Crippen LogP contribution in [0.25, 0.3) is 0 Å². The second-order valence-corrected chi connectivity index (χ2v) is 7.26. The highest BCUT2D eigenvalue weighted by molar-refractivity contribution is 6.30. The fourth-order valence-electron chi connectivity index (χ4n) is 3.30. The molecule has 4 nitrogen and oxygen atoms in total. The maximum Gasteiger partial charge on any atom is 0.191 e.